The van der Waals surface area contributed by atoms with Crippen molar-refractivity contribution in [2.24, 2.45) is 0 Å². The van der Waals surface area contributed by atoms with Crippen molar-refractivity contribution in [3.63, 3.8) is 0 Å². The van der Waals surface area contributed by atoms with Crippen LogP contribution in [0.2, 0.25) is 0 Å². The molecule has 0 aliphatic heterocycles. The second-order valence-electron chi connectivity index (χ2n) is 5.17. The maximum Gasteiger partial charge on any atom is 0.314 e. The predicted molar refractivity (Wildman–Crippen MR) is 88.9 cm³/mol. The molecule has 5 N–H and O–H groups in total. The van der Waals surface area contributed by atoms with Gasteiger partial charge in [-0.25, -0.2) is 0 Å². The number of nitrogen functional groups attached to an aromatic ring is 1. The first-order valence-electron chi connectivity index (χ1n) is 6.94. The number of fused-ring (bicyclic) bond motifs is 1. The Kier molecular flexibility index (Phi) is 3.68. The first-order valence-corrected chi connectivity index (χ1v) is 6.94. The van der Waals surface area contributed by atoms with Crippen LogP contribution in [0.15, 0.2) is 42.6 Å². The number of hydrogen-bond acceptors (Lipinski definition) is 4. The molecule has 3 rings (SSSR count). The molecule has 7 nitrogen and oxygen atoms in total. The molecule has 1 heterocycles. The number of H-pyrrole nitrogens is 1. The van der Waals surface area contributed by atoms with Crippen LogP contribution in [0.1, 0.15) is 5.56 Å². The maximum absolute atomic E-state index is 12.0. The number of amides is 2. The molecule has 3 aromatic rings. The first kappa shape index (κ1) is 14.6. The van der Waals surface area contributed by atoms with Crippen LogP contribution in [-0.4, -0.2) is 22.0 Å². The number of carbonyl (C=O) groups is 2. The highest BCUT2D eigenvalue weighted by Gasteiger charge is 2.15. The molecule has 2 amide bonds. The number of hydrogen-bond donors (Lipinski definition) is 4. The van der Waals surface area contributed by atoms with E-state index in [1.54, 1.807) is 36.5 Å². The Morgan fingerprint density at radius 3 is 2.70 bits per heavy atom. The zero-order valence-electron chi connectivity index (χ0n) is 12.4. The Bertz CT molecular complexity index is 900. The van der Waals surface area contributed by atoms with Crippen LogP contribution >= 0.6 is 0 Å². The van der Waals surface area contributed by atoms with Gasteiger partial charge in [0.1, 0.15) is 0 Å². The lowest BCUT2D eigenvalue weighted by atomic mass is 10.2. The SMILES string of the molecule is Cc1ccc(N)c(NC(=O)C(=O)Nc2ccc3cn[nH]c3c2)c1. The molecule has 2 aromatic carbocycles. The molecular weight excluding hydrogens is 294 g/mol. The molecule has 1 aromatic heterocycles. The Morgan fingerprint density at radius 1 is 1.09 bits per heavy atom. The maximum atomic E-state index is 12.0. The Labute approximate surface area is 131 Å². The summed E-state index contributed by atoms with van der Waals surface area (Å²) in [6.45, 7) is 1.87. The average Bonchev–Trinajstić information content (AvgIpc) is 2.98. The van der Waals surface area contributed by atoms with Crippen molar-refractivity contribution in [1.29, 1.82) is 0 Å². The number of aromatic amines is 1. The number of aromatic nitrogens is 2. The van der Waals surface area contributed by atoms with E-state index in [9.17, 15) is 9.59 Å². The monoisotopic (exact) mass is 309 g/mol. The second kappa shape index (κ2) is 5.80. The largest absolute Gasteiger partial charge is 0.397 e. The zero-order chi connectivity index (χ0) is 16.4. The van der Waals surface area contributed by atoms with Gasteiger partial charge in [-0.15, -0.1) is 0 Å². The van der Waals surface area contributed by atoms with Gasteiger partial charge < -0.3 is 16.4 Å². The van der Waals surface area contributed by atoms with E-state index in [1.165, 1.54) is 0 Å². The third-order valence-electron chi connectivity index (χ3n) is 3.36. The van der Waals surface area contributed by atoms with Crippen molar-refractivity contribution in [3.8, 4) is 0 Å². The van der Waals surface area contributed by atoms with Crippen molar-refractivity contribution in [3.05, 3.63) is 48.2 Å². The standard InChI is InChI=1S/C16H15N5O2/c1-9-2-5-12(17)14(6-9)20-16(23)15(22)19-11-4-3-10-8-18-21-13(10)7-11/h2-8H,17H2,1H3,(H,18,21)(H,19,22)(H,20,23). The summed E-state index contributed by atoms with van der Waals surface area (Å²) in [6.07, 6.45) is 1.67. The number of nitrogens with two attached hydrogens (primary N) is 1. The fraction of sp³-hybridized carbons (Fsp3) is 0.0625. The van der Waals surface area contributed by atoms with E-state index in [0.29, 0.717) is 17.1 Å². The van der Waals surface area contributed by atoms with E-state index >= 15 is 0 Å². The summed E-state index contributed by atoms with van der Waals surface area (Å²) in [5, 5.41) is 12.7. The fourth-order valence-corrected chi connectivity index (χ4v) is 2.16. The van der Waals surface area contributed by atoms with Crippen LogP contribution in [0, 0.1) is 6.92 Å². The number of nitrogens with zero attached hydrogens (tertiary/aromatic N) is 1. The van der Waals surface area contributed by atoms with Crippen LogP contribution in [0.4, 0.5) is 17.1 Å². The number of nitrogens with one attached hydrogen (secondary N) is 3. The topological polar surface area (TPSA) is 113 Å². The summed E-state index contributed by atoms with van der Waals surface area (Å²) in [4.78, 5) is 24.0. The van der Waals surface area contributed by atoms with Gasteiger partial charge in [-0.1, -0.05) is 6.07 Å². The summed E-state index contributed by atoms with van der Waals surface area (Å²) in [6, 6.07) is 10.4. The van der Waals surface area contributed by atoms with E-state index < -0.39 is 11.8 Å². The minimum absolute atomic E-state index is 0.399. The third kappa shape index (κ3) is 3.13. The molecule has 0 saturated carbocycles. The molecule has 0 spiro atoms. The molecule has 0 bridgehead atoms. The Morgan fingerprint density at radius 2 is 1.87 bits per heavy atom. The minimum atomic E-state index is -0.785. The van der Waals surface area contributed by atoms with Gasteiger partial charge in [-0.05, 0) is 42.8 Å². The lowest BCUT2D eigenvalue weighted by molar-refractivity contribution is -0.132. The number of anilines is 3. The highest BCUT2D eigenvalue weighted by Crippen LogP contribution is 2.20. The fourth-order valence-electron chi connectivity index (χ4n) is 2.16. The quantitative estimate of drug-likeness (QED) is 0.428. The molecule has 0 saturated heterocycles. The molecular formula is C16H15N5O2. The molecule has 23 heavy (non-hydrogen) atoms. The molecule has 0 radical (unpaired) electrons. The zero-order valence-corrected chi connectivity index (χ0v) is 12.4. The minimum Gasteiger partial charge on any atom is -0.397 e. The summed E-state index contributed by atoms with van der Waals surface area (Å²) in [5.74, 6) is -1.56. The van der Waals surface area contributed by atoms with Crippen LogP contribution < -0.4 is 16.4 Å². The van der Waals surface area contributed by atoms with E-state index in [0.717, 1.165) is 16.5 Å². The number of rotatable bonds is 2. The van der Waals surface area contributed by atoms with Crippen LogP contribution in [0.3, 0.4) is 0 Å². The van der Waals surface area contributed by atoms with Gasteiger partial charge in [0.25, 0.3) is 0 Å². The van der Waals surface area contributed by atoms with E-state index in [-0.39, 0.29) is 0 Å². The number of carbonyl (C=O) groups excluding carboxylic acids is 2. The highest BCUT2D eigenvalue weighted by molar-refractivity contribution is 6.44. The van der Waals surface area contributed by atoms with Crippen molar-refractivity contribution < 1.29 is 9.59 Å². The Balaban J connectivity index is 1.72. The van der Waals surface area contributed by atoms with E-state index in [2.05, 4.69) is 20.8 Å². The van der Waals surface area contributed by atoms with Crippen LogP contribution in [-0.2, 0) is 9.59 Å². The molecule has 0 fully saturated rings. The normalized spacial score (nSPS) is 10.5. The van der Waals surface area contributed by atoms with Crippen LogP contribution in [0.25, 0.3) is 10.9 Å². The lowest BCUT2D eigenvalue weighted by Gasteiger charge is -2.09. The number of benzene rings is 2. The van der Waals surface area contributed by atoms with Crippen molar-refractivity contribution >= 4 is 39.8 Å². The molecule has 0 aliphatic carbocycles. The van der Waals surface area contributed by atoms with Gasteiger partial charge in [-0.3, -0.25) is 14.7 Å². The van der Waals surface area contributed by atoms with Crippen LogP contribution in [0.5, 0.6) is 0 Å². The summed E-state index contributed by atoms with van der Waals surface area (Å²) >= 11 is 0. The first-order chi connectivity index (χ1) is 11.0. The smallest absolute Gasteiger partial charge is 0.314 e. The summed E-state index contributed by atoms with van der Waals surface area (Å²) < 4.78 is 0. The number of aryl methyl sites for hydroxylation is 1. The van der Waals surface area contributed by atoms with Gasteiger partial charge in [0.15, 0.2) is 0 Å². The summed E-state index contributed by atoms with van der Waals surface area (Å²) in [5.41, 5.74) is 8.79. The van der Waals surface area contributed by atoms with Crippen molar-refractivity contribution in [2.75, 3.05) is 16.4 Å². The van der Waals surface area contributed by atoms with E-state index in [1.807, 2.05) is 13.0 Å². The Hall–Kier alpha value is -3.35. The summed E-state index contributed by atoms with van der Waals surface area (Å²) in [7, 11) is 0. The van der Waals surface area contributed by atoms with Gasteiger partial charge in [-0.2, -0.15) is 5.10 Å². The van der Waals surface area contributed by atoms with Gasteiger partial charge in [0.2, 0.25) is 0 Å². The molecule has 0 aliphatic rings. The average molecular weight is 309 g/mol. The van der Waals surface area contributed by atoms with Gasteiger partial charge in [0, 0.05) is 11.1 Å². The predicted octanol–water partition coefficient (Wildman–Crippen LogP) is 2.03. The highest BCUT2D eigenvalue weighted by atomic mass is 16.2. The molecule has 0 atom stereocenters. The van der Waals surface area contributed by atoms with E-state index in [4.69, 9.17) is 5.73 Å². The van der Waals surface area contributed by atoms with Gasteiger partial charge >= 0.3 is 11.8 Å². The van der Waals surface area contributed by atoms with Crippen molar-refractivity contribution in [2.45, 2.75) is 6.92 Å². The molecule has 7 heteroatoms. The lowest BCUT2D eigenvalue weighted by Crippen LogP contribution is -2.29. The second-order valence-corrected chi connectivity index (χ2v) is 5.17. The third-order valence-corrected chi connectivity index (χ3v) is 3.36. The van der Waals surface area contributed by atoms with Crippen molar-refractivity contribution in [1.82, 2.24) is 10.2 Å². The van der Waals surface area contributed by atoms with Gasteiger partial charge in [0.05, 0.1) is 23.1 Å². The molecule has 116 valence electrons. The molecule has 0 unspecified atom stereocenters.